The van der Waals surface area contributed by atoms with Gasteiger partial charge in [-0.3, -0.25) is 0 Å². The first-order chi connectivity index (χ1) is 3.15. The van der Waals surface area contributed by atoms with Crippen LogP contribution in [-0.2, 0) is 0 Å². The van der Waals surface area contributed by atoms with Crippen molar-refractivity contribution in [2.45, 2.75) is 6.92 Å². The van der Waals surface area contributed by atoms with Gasteiger partial charge in [0.15, 0.2) is 0 Å². The van der Waals surface area contributed by atoms with Crippen LogP contribution in [-0.4, -0.2) is 10.3 Å². The van der Waals surface area contributed by atoms with Crippen LogP contribution in [0.4, 0.5) is 0 Å². The summed E-state index contributed by atoms with van der Waals surface area (Å²) in [4.78, 5) is 8.36. The molecule has 0 heterocycles. The molecule has 0 unspecified atom stereocenters. The quantitative estimate of drug-likeness (QED) is 0.350. The van der Waals surface area contributed by atoms with Crippen molar-refractivity contribution >= 4 is 0 Å². The molecule has 0 aromatic rings. The van der Waals surface area contributed by atoms with Crippen molar-refractivity contribution in [1.82, 2.24) is 0 Å². The molecule has 0 amide bonds. The van der Waals surface area contributed by atoms with Gasteiger partial charge in [-0.1, -0.05) is 0 Å². The molecule has 0 aliphatic carbocycles. The summed E-state index contributed by atoms with van der Waals surface area (Å²) in [5.74, 6) is 0. The van der Waals surface area contributed by atoms with Crippen LogP contribution in [0.15, 0.2) is 0 Å². The maximum Gasteiger partial charge on any atom is 0.291 e. The maximum atomic E-state index is 8.36. The molecule has 0 aliphatic rings. The second-order valence-electron chi connectivity index (χ2n) is 0.461. The average molecular weight is 104 g/mol. The molecule has 0 bridgehead atoms. The predicted molar refractivity (Wildman–Crippen MR) is 20.1 cm³/mol. The molecule has 0 radical (unpaired) electrons. The summed E-state index contributed by atoms with van der Waals surface area (Å²) in [5.41, 5.74) is 0. The van der Waals surface area contributed by atoms with Crippen LogP contribution in [0, 0.1) is 21.4 Å². The molecule has 0 aliphatic heterocycles. The molecule has 7 heavy (non-hydrogen) atoms. The van der Waals surface area contributed by atoms with Gasteiger partial charge in [0.2, 0.25) is 0 Å². The zero-order valence-corrected chi connectivity index (χ0v) is 3.66. The summed E-state index contributed by atoms with van der Waals surface area (Å²) >= 11 is 0. The Morgan fingerprint density at radius 1 is 2.00 bits per heavy atom. The van der Waals surface area contributed by atoms with Crippen molar-refractivity contribution in [2.75, 3.05) is 0 Å². The average Bonchev–Trinajstić information content (AvgIpc) is 1.33. The Morgan fingerprint density at radius 3 is 2.00 bits per heavy atom. The van der Waals surface area contributed by atoms with Crippen LogP contribution in [0.25, 0.3) is 0 Å². The normalized spacial score (nSPS) is 4.57. The van der Waals surface area contributed by atoms with Crippen LogP contribution in [0.1, 0.15) is 6.92 Å². The molecule has 5 nitrogen and oxygen atoms in total. The third kappa shape index (κ3) is 19.8. The summed E-state index contributed by atoms with van der Waals surface area (Å²) in [6.45, 7) is 1.43. The van der Waals surface area contributed by atoms with Crippen molar-refractivity contribution < 1.29 is 10.3 Å². The highest BCUT2D eigenvalue weighted by atomic mass is 16.9. The summed E-state index contributed by atoms with van der Waals surface area (Å²) < 4.78 is 0. The minimum atomic E-state index is -1.50. The fourth-order valence-corrected chi connectivity index (χ4v) is 0. The monoisotopic (exact) mass is 104 g/mol. The molecule has 40 valence electrons. The molecule has 5 heteroatoms. The van der Waals surface area contributed by atoms with Gasteiger partial charge in [-0.2, -0.15) is 5.26 Å². The Kier molecular flexibility index (Phi) is 11.6. The van der Waals surface area contributed by atoms with Crippen LogP contribution >= 0.6 is 0 Å². The molecular weight excluding hydrogens is 100 g/mol. The molecule has 0 atom stereocenters. The van der Waals surface area contributed by atoms with Gasteiger partial charge in [0.25, 0.3) is 5.09 Å². The lowest BCUT2D eigenvalue weighted by Crippen LogP contribution is -1.81. The zero-order chi connectivity index (χ0) is 6.28. The van der Waals surface area contributed by atoms with Crippen LogP contribution in [0.5, 0.6) is 0 Å². The van der Waals surface area contributed by atoms with Gasteiger partial charge in [-0.05, 0) is 0 Å². The van der Waals surface area contributed by atoms with E-state index in [1.807, 2.05) is 0 Å². The van der Waals surface area contributed by atoms with E-state index in [-0.39, 0.29) is 0 Å². The second kappa shape index (κ2) is 8.83. The van der Waals surface area contributed by atoms with Crippen molar-refractivity contribution in [1.29, 1.82) is 5.26 Å². The van der Waals surface area contributed by atoms with E-state index in [4.69, 9.17) is 20.6 Å². The van der Waals surface area contributed by atoms with Crippen molar-refractivity contribution in [2.24, 2.45) is 0 Å². The first kappa shape index (κ1) is 9.19. The largest absolute Gasteiger partial charge is 0.328 e. The van der Waals surface area contributed by atoms with E-state index in [1.54, 1.807) is 6.07 Å². The van der Waals surface area contributed by atoms with Gasteiger partial charge in [0, 0.05) is 6.92 Å². The summed E-state index contributed by atoms with van der Waals surface area (Å²) in [6, 6.07) is 1.75. The lowest BCUT2D eigenvalue weighted by Gasteiger charge is -1.56. The minimum absolute atomic E-state index is 1.43. The molecule has 1 N–H and O–H groups in total. The molecular formula is C2H4N2O3. The van der Waals surface area contributed by atoms with Gasteiger partial charge in [-0.25, -0.2) is 0 Å². The van der Waals surface area contributed by atoms with Crippen molar-refractivity contribution in [3.05, 3.63) is 10.1 Å². The molecule has 0 rings (SSSR count). The topological polar surface area (TPSA) is 87.2 Å². The standard InChI is InChI=1S/C2H3N.HNO3/c1-2-3;2-1(3)4/h1H3;(H,2,3,4). The Morgan fingerprint density at radius 2 is 2.00 bits per heavy atom. The zero-order valence-electron chi connectivity index (χ0n) is 3.66. The van der Waals surface area contributed by atoms with Crippen LogP contribution in [0.2, 0.25) is 0 Å². The maximum absolute atomic E-state index is 8.36. The third-order valence-electron chi connectivity index (χ3n) is 0. The number of hydrogen-bond donors (Lipinski definition) is 1. The first-order valence-corrected chi connectivity index (χ1v) is 1.29. The van der Waals surface area contributed by atoms with Gasteiger partial charge in [-0.15, -0.1) is 10.1 Å². The molecule has 0 spiro atoms. The lowest BCUT2D eigenvalue weighted by atomic mass is 11.0. The van der Waals surface area contributed by atoms with Crippen molar-refractivity contribution in [3.8, 4) is 6.07 Å². The third-order valence-corrected chi connectivity index (χ3v) is 0. The summed E-state index contributed by atoms with van der Waals surface area (Å²) in [6.07, 6.45) is 0. The number of rotatable bonds is 0. The molecule has 0 fully saturated rings. The lowest BCUT2D eigenvalue weighted by molar-refractivity contribution is -0.742. The predicted octanol–water partition coefficient (Wildman–Crippen LogP) is 0.182. The van der Waals surface area contributed by atoms with Gasteiger partial charge < -0.3 is 5.21 Å². The first-order valence-electron chi connectivity index (χ1n) is 1.29. The van der Waals surface area contributed by atoms with Crippen LogP contribution in [0.3, 0.4) is 0 Å². The Balaban J connectivity index is 0. The molecule has 0 aromatic heterocycles. The number of nitriles is 1. The molecule has 0 saturated carbocycles. The highest BCUT2D eigenvalue weighted by Crippen LogP contribution is 1.38. The van der Waals surface area contributed by atoms with E-state index in [0.29, 0.717) is 0 Å². The molecule has 0 aromatic carbocycles. The SMILES string of the molecule is CC#N.O=[N+]([O-])O. The number of hydrogen-bond acceptors (Lipinski definition) is 3. The van der Waals surface area contributed by atoms with Crippen molar-refractivity contribution in [3.63, 3.8) is 0 Å². The summed E-state index contributed by atoms with van der Waals surface area (Å²) in [7, 11) is 0. The smallest absolute Gasteiger partial charge is 0.291 e. The Hall–Kier alpha value is -1.31. The van der Waals surface area contributed by atoms with E-state index in [9.17, 15) is 0 Å². The second-order valence-corrected chi connectivity index (χ2v) is 0.461. The fraction of sp³-hybridized carbons (Fsp3) is 0.500. The summed E-state index contributed by atoms with van der Waals surface area (Å²) in [5, 5.41) is 21.0. The minimum Gasteiger partial charge on any atom is -0.328 e. The number of nitrogens with zero attached hydrogens (tertiary/aromatic N) is 2. The van der Waals surface area contributed by atoms with E-state index in [1.165, 1.54) is 6.92 Å². The molecule has 0 saturated heterocycles. The van der Waals surface area contributed by atoms with E-state index < -0.39 is 5.09 Å². The van der Waals surface area contributed by atoms with Crippen LogP contribution < -0.4 is 0 Å². The Bertz CT molecular complexity index is 79.4. The van der Waals surface area contributed by atoms with Gasteiger partial charge >= 0.3 is 0 Å². The van der Waals surface area contributed by atoms with E-state index >= 15 is 0 Å². The van der Waals surface area contributed by atoms with E-state index in [2.05, 4.69) is 0 Å². The van der Waals surface area contributed by atoms with Gasteiger partial charge in [0.1, 0.15) is 0 Å². The highest BCUT2D eigenvalue weighted by Gasteiger charge is 1.65. The highest BCUT2D eigenvalue weighted by molar-refractivity contribution is 4.51. The Labute approximate surface area is 39.9 Å². The fourth-order valence-electron chi connectivity index (χ4n) is 0. The van der Waals surface area contributed by atoms with E-state index in [0.717, 1.165) is 0 Å². The van der Waals surface area contributed by atoms with Gasteiger partial charge in [0.05, 0.1) is 6.07 Å².